The number of nitrogens with zero attached hydrogens (tertiary/aromatic N) is 3. The van der Waals surface area contributed by atoms with Gasteiger partial charge in [-0.2, -0.15) is 4.99 Å². The van der Waals surface area contributed by atoms with E-state index in [1.54, 1.807) is 0 Å². The van der Waals surface area contributed by atoms with Gasteiger partial charge in [-0.25, -0.2) is 4.79 Å². The molecule has 4 heteroatoms. The second kappa shape index (κ2) is 3.20. The van der Waals surface area contributed by atoms with E-state index in [1.165, 1.54) is 0 Å². The molecule has 2 amide bonds. The Labute approximate surface area is 60.1 Å². The second-order valence-electron chi connectivity index (χ2n) is 2.11. The van der Waals surface area contributed by atoms with E-state index in [2.05, 4.69) is 15.2 Å². The van der Waals surface area contributed by atoms with Gasteiger partial charge >= 0.3 is 6.03 Å². The summed E-state index contributed by atoms with van der Waals surface area (Å²) in [6.07, 6.45) is 0. The van der Waals surface area contributed by atoms with Crippen molar-refractivity contribution in [3.8, 4) is 0 Å². The van der Waals surface area contributed by atoms with E-state index >= 15 is 0 Å². The van der Waals surface area contributed by atoms with Crippen LogP contribution in [0.25, 0.3) is 0 Å². The molecular formula is C6H11N3O. The average Bonchev–Trinajstić information content (AvgIpc) is 2.14. The van der Waals surface area contributed by atoms with E-state index in [-0.39, 0.29) is 13.3 Å². The fourth-order valence-electron chi connectivity index (χ4n) is 0.481. The summed E-state index contributed by atoms with van der Waals surface area (Å²) in [5.74, 6) is 0.722. The van der Waals surface area contributed by atoms with Gasteiger partial charge in [-0.15, -0.1) is 5.11 Å². The van der Waals surface area contributed by atoms with Crippen LogP contribution in [-0.4, -0.2) is 11.9 Å². The molecule has 0 aromatic rings. The molecule has 0 spiro atoms. The fourth-order valence-corrected chi connectivity index (χ4v) is 0.481. The highest BCUT2D eigenvalue weighted by Gasteiger charge is 2.12. The van der Waals surface area contributed by atoms with Crippen LogP contribution in [0.3, 0.4) is 0 Å². The first-order valence-corrected chi connectivity index (χ1v) is 2.74. The van der Waals surface area contributed by atoms with E-state index in [1.807, 2.05) is 13.8 Å². The molecule has 0 N–H and O–H groups in total. The van der Waals surface area contributed by atoms with Crippen LogP contribution in [0.2, 0.25) is 0 Å². The molecule has 56 valence electrons. The van der Waals surface area contributed by atoms with E-state index in [4.69, 9.17) is 0 Å². The van der Waals surface area contributed by atoms with Gasteiger partial charge in [0.15, 0.2) is 5.84 Å². The molecule has 1 heterocycles. The van der Waals surface area contributed by atoms with Crippen molar-refractivity contribution in [3.63, 3.8) is 0 Å². The Morgan fingerprint density at radius 1 is 1.30 bits per heavy atom. The van der Waals surface area contributed by atoms with Crippen molar-refractivity contribution in [1.29, 1.82) is 0 Å². The molecule has 4 nitrogen and oxygen atoms in total. The third-order valence-electron chi connectivity index (χ3n) is 0.965. The summed E-state index contributed by atoms with van der Waals surface area (Å²) in [6.45, 7) is 3.83. The lowest BCUT2D eigenvalue weighted by Crippen LogP contribution is -2.00. The number of urea groups is 1. The zero-order valence-electron chi connectivity index (χ0n) is 5.33. The SMILES string of the molecule is C.CC(C)C1=NC(=O)N=N1. The highest BCUT2D eigenvalue weighted by atomic mass is 16.2. The van der Waals surface area contributed by atoms with Crippen LogP contribution in [-0.2, 0) is 0 Å². The molecule has 0 saturated carbocycles. The summed E-state index contributed by atoms with van der Waals surface area (Å²) in [6, 6.07) is -0.487. The Bertz CT molecular complexity index is 193. The molecule has 0 unspecified atom stereocenters. The maximum absolute atomic E-state index is 10.3. The standard InChI is InChI=1S/C5H7N3O.CH4/c1-3(2)4-6-5(9)8-7-4;/h3H,1-2H3;1H4. The van der Waals surface area contributed by atoms with Crippen LogP contribution in [0, 0.1) is 5.92 Å². The molecule has 1 aliphatic rings. The zero-order chi connectivity index (χ0) is 6.85. The topological polar surface area (TPSA) is 54.1 Å². The largest absolute Gasteiger partial charge is 0.387 e. The third kappa shape index (κ3) is 1.72. The number of hydrogen-bond donors (Lipinski definition) is 0. The summed E-state index contributed by atoms with van der Waals surface area (Å²) in [4.78, 5) is 13.8. The quantitative estimate of drug-likeness (QED) is 0.552. The van der Waals surface area contributed by atoms with Gasteiger partial charge in [-0.05, 0) is 0 Å². The van der Waals surface area contributed by atoms with Crippen molar-refractivity contribution in [2.24, 2.45) is 21.1 Å². The number of hydrogen-bond acceptors (Lipinski definition) is 2. The molecular weight excluding hydrogens is 130 g/mol. The van der Waals surface area contributed by atoms with E-state index in [9.17, 15) is 4.79 Å². The smallest absolute Gasteiger partial charge is 0.242 e. The van der Waals surface area contributed by atoms with Gasteiger partial charge in [-0.1, -0.05) is 26.4 Å². The Morgan fingerprint density at radius 2 is 1.90 bits per heavy atom. The molecule has 0 aliphatic carbocycles. The molecule has 0 bridgehead atoms. The lowest BCUT2D eigenvalue weighted by molar-refractivity contribution is 0.257. The van der Waals surface area contributed by atoms with Crippen molar-refractivity contribution in [2.45, 2.75) is 21.3 Å². The highest BCUT2D eigenvalue weighted by molar-refractivity contribution is 5.99. The molecule has 1 rings (SSSR count). The van der Waals surface area contributed by atoms with Crippen LogP contribution >= 0.6 is 0 Å². The molecule has 0 aromatic carbocycles. The molecule has 0 atom stereocenters. The summed E-state index contributed by atoms with van der Waals surface area (Å²) in [7, 11) is 0. The monoisotopic (exact) mass is 141 g/mol. The first kappa shape index (κ1) is 8.94. The molecule has 10 heavy (non-hydrogen) atoms. The van der Waals surface area contributed by atoms with Gasteiger partial charge in [0.05, 0.1) is 0 Å². The van der Waals surface area contributed by atoms with E-state index < -0.39 is 6.03 Å². The minimum Gasteiger partial charge on any atom is -0.242 e. The summed E-state index contributed by atoms with van der Waals surface area (Å²) in [5.41, 5.74) is 0. The van der Waals surface area contributed by atoms with Crippen molar-refractivity contribution >= 4 is 11.9 Å². The second-order valence-corrected chi connectivity index (χ2v) is 2.11. The van der Waals surface area contributed by atoms with Gasteiger partial charge < -0.3 is 0 Å². The molecule has 0 fully saturated rings. The van der Waals surface area contributed by atoms with Crippen molar-refractivity contribution < 1.29 is 4.79 Å². The number of carbonyl (C=O) groups excluding carboxylic acids is 1. The van der Waals surface area contributed by atoms with Gasteiger partial charge in [0.1, 0.15) is 0 Å². The fraction of sp³-hybridized carbons (Fsp3) is 0.667. The van der Waals surface area contributed by atoms with E-state index in [0.717, 1.165) is 0 Å². The number of rotatable bonds is 1. The van der Waals surface area contributed by atoms with Gasteiger partial charge in [0, 0.05) is 5.92 Å². The maximum atomic E-state index is 10.3. The maximum Gasteiger partial charge on any atom is 0.387 e. The first-order chi connectivity index (χ1) is 4.20. The van der Waals surface area contributed by atoms with Gasteiger partial charge in [0.25, 0.3) is 0 Å². The number of carbonyl (C=O) groups is 1. The lowest BCUT2D eigenvalue weighted by atomic mass is 10.2. The first-order valence-electron chi connectivity index (χ1n) is 2.74. The molecule has 0 aromatic heterocycles. The Kier molecular flexibility index (Phi) is 2.86. The summed E-state index contributed by atoms with van der Waals surface area (Å²) in [5, 5.41) is 6.76. The zero-order valence-corrected chi connectivity index (χ0v) is 5.33. The highest BCUT2D eigenvalue weighted by Crippen LogP contribution is 2.06. The molecule has 0 saturated heterocycles. The Morgan fingerprint density at radius 3 is 2.10 bits per heavy atom. The van der Waals surface area contributed by atoms with Gasteiger partial charge in [0.2, 0.25) is 0 Å². The third-order valence-corrected chi connectivity index (χ3v) is 0.965. The van der Waals surface area contributed by atoms with Crippen LogP contribution in [0.15, 0.2) is 15.2 Å². The van der Waals surface area contributed by atoms with Crippen LogP contribution in [0.4, 0.5) is 4.79 Å². The predicted octanol–water partition coefficient (Wildman–Crippen LogP) is 2.26. The number of azo groups is 1. The van der Waals surface area contributed by atoms with E-state index in [0.29, 0.717) is 5.84 Å². The van der Waals surface area contributed by atoms with Crippen LogP contribution in [0.1, 0.15) is 21.3 Å². The molecule has 1 aliphatic heterocycles. The van der Waals surface area contributed by atoms with Crippen LogP contribution < -0.4 is 0 Å². The molecule has 0 radical (unpaired) electrons. The normalized spacial score (nSPS) is 15.5. The number of amides is 2. The van der Waals surface area contributed by atoms with Crippen LogP contribution in [0.5, 0.6) is 0 Å². The predicted molar refractivity (Wildman–Crippen MR) is 39.3 cm³/mol. The number of amidine groups is 1. The number of aliphatic imine (C=N–C) groups is 1. The van der Waals surface area contributed by atoms with Crippen molar-refractivity contribution in [2.75, 3.05) is 0 Å². The summed E-state index contributed by atoms with van der Waals surface area (Å²) < 4.78 is 0. The van der Waals surface area contributed by atoms with Crippen molar-refractivity contribution in [3.05, 3.63) is 0 Å². The lowest BCUT2D eigenvalue weighted by Gasteiger charge is -1.93. The van der Waals surface area contributed by atoms with Crippen molar-refractivity contribution in [1.82, 2.24) is 0 Å². The average molecular weight is 141 g/mol. The summed E-state index contributed by atoms with van der Waals surface area (Å²) >= 11 is 0. The minimum atomic E-state index is -0.487. The van der Waals surface area contributed by atoms with Gasteiger partial charge in [-0.3, -0.25) is 0 Å². The Hall–Kier alpha value is -1.06. The minimum absolute atomic E-state index is 0. The Balaban J connectivity index is 0.000000810.